The first-order valence-electron chi connectivity index (χ1n) is 11.7. The van der Waals surface area contributed by atoms with Gasteiger partial charge in [-0.3, -0.25) is 4.57 Å². The molecule has 7 nitrogen and oxygen atoms in total. The van der Waals surface area contributed by atoms with E-state index >= 15 is 0 Å². The van der Waals surface area contributed by atoms with Gasteiger partial charge in [0.05, 0.1) is 11.3 Å². The van der Waals surface area contributed by atoms with E-state index in [1.807, 2.05) is 36.0 Å². The fourth-order valence-electron chi connectivity index (χ4n) is 5.04. The highest BCUT2D eigenvalue weighted by atomic mass is 19.1. The number of piperidine rings is 1. The third-order valence-corrected chi connectivity index (χ3v) is 6.80. The average molecular weight is 466 g/mol. The van der Waals surface area contributed by atoms with Crippen LogP contribution in [-0.4, -0.2) is 38.2 Å². The zero-order chi connectivity index (χ0) is 24.1. The Bertz CT molecular complexity index is 1620. The Labute approximate surface area is 201 Å². The lowest BCUT2D eigenvalue weighted by Crippen LogP contribution is -2.42. The van der Waals surface area contributed by atoms with Crippen LogP contribution in [0, 0.1) is 17.1 Å². The molecule has 3 aromatic heterocycles. The van der Waals surface area contributed by atoms with Crippen LogP contribution in [0.3, 0.4) is 0 Å². The number of nitrogens with two attached hydrogens (primary N) is 1. The van der Waals surface area contributed by atoms with E-state index in [0.717, 1.165) is 53.7 Å². The van der Waals surface area contributed by atoms with E-state index < -0.39 is 5.82 Å². The van der Waals surface area contributed by atoms with Crippen LogP contribution >= 0.6 is 0 Å². The molecule has 1 atom stereocenters. The van der Waals surface area contributed by atoms with Crippen LogP contribution in [0.15, 0.2) is 60.9 Å². The fourth-order valence-corrected chi connectivity index (χ4v) is 5.04. The summed E-state index contributed by atoms with van der Waals surface area (Å²) in [7, 11) is 2.01. The zero-order valence-electron chi connectivity index (χ0n) is 19.3. The Hall–Kier alpha value is -4.22. The number of rotatable bonds is 3. The number of imidazole rings is 1. The van der Waals surface area contributed by atoms with Crippen molar-refractivity contribution in [1.29, 1.82) is 5.26 Å². The molecule has 1 fully saturated rings. The van der Waals surface area contributed by atoms with Gasteiger partial charge in [0, 0.05) is 60.7 Å². The van der Waals surface area contributed by atoms with Crippen molar-refractivity contribution >= 4 is 27.8 Å². The molecular weight excluding hydrogens is 441 g/mol. The molecule has 2 aromatic carbocycles. The van der Waals surface area contributed by atoms with E-state index in [1.165, 1.54) is 12.1 Å². The van der Waals surface area contributed by atoms with E-state index in [1.54, 1.807) is 12.3 Å². The maximum Gasteiger partial charge on any atom is 0.167 e. The Balaban J connectivity index is 1.61. The highest BCUT2D eigenvalue weighted by molar-refractivity contribution is 5.92. The molecule has 8 heteroatoms. The van der Waals surface area contributed by atoms with Crippen LogP contribution in [-0.2, 0) is 7.05 Å². The number of anilines is 1. The van der Waals surface area contributed by atoms with Crippen molar-refractivity contribution < 1.29 is 4.39 Å². The quantitative estimate of drug-likeness (QED) is 0.423. The van der Waals surface area contributed by atoms with Gasteiger partial charge in [-0.2, -0.15) is 5.26 Å². The van der Waals surface area contributed by atoms with Gasteiger partial charge in [0.2, 0.25) is 0 Å². The molecule has 6 rings (SSSR count). The highest BCUT2D eigenvalue weighted by Gasteiger charge is 2.24. The van der Waals surface area contributed by atoms with E-state index in [0.29, 0.717) is 17.0 Å². The predicted molar refractivity (Wildman–Crippen MR) is 135 cm³/mol. The molecule has 1 aliphatic rings. The first-order valence-corrected chi connectivity index (χ1v) is 11.7. The number of aromatic nitrogens is 4. The zero-order valence-corrected chi connectivity index (χ0v) is 19.3. The summed E-state index contributed by atoms with van der Waals surface area (Å²) in [4.78, 5) is 12.0. The molecule has 2 N–H and O–H groups in total. The minimum atomic E-state index is -0.572. The van der Waals surface area contributed by atoms with E-state index in [9.17, 15) is 9.65 Å². The second-order valence-electron chi connectivity index (χ2n) is 9.10. The molecule has 174 valence electrons. The van der Waals surface area contributed by atoms with Crippen molar-refractivity contribution in [2.24, 2.45) is 12.8 Å². The van der Waals surface area contributed by atoms with E-state index in [4.69, 9.17) is 15.7 Å². The lowest BCUT2D eigenvalue weighted by Gasteiger charge is -2.32. The molecule has 4 heterocycles. The van der Waals surface area contributed by atoms with Crippen molar-refractivity contribution in [3.63, 3.8) is 0 Å². The number of nitriles is 1. The van der Waals surface area contributed by atoms with Crippen molar-refractivity contribution in [2.45, 2.75) is 18.9 Å². The van der Waals surface area contributed by atoms with Gasteiger partial charge in [0.15, 0.2) is 5.65 Å². The number of pyridine rings is 1. The standard InChI is InChI=1S/C27H24FN7/c1-33-12-9-17-13-21(6-7-23(17)33)35-26(18-4-5-19(15-29)22(28)14-18)32-25-24(8-10-31-27(25)35)34-11-2-3-20(30)16-34/h4-10,12-14,20H,2-3,11,16,30H2,1H3/t20-/m1/s1. The lowest BCUT2D eigenvalue weighted by atomic mass is 10.1. The maximum absolute atomic E-state index is 14.6. The second kappa shape index (κ2) is 8.22. The van der Waals surface area contributed by atoms with Crippen molar-refractivity contribution in [1.82, 2.24) is 19.1 Å². The third-order valence-electron chi connectivity index (χ3n) is 6.80. The molecule has 1 aliphatic heterocycles. The van der Waals surface area contributed by atoms with Gasteiger partial charge in [-0.15, -0.1) is 0 Å². The van der Waals surface area contributed by atoms with Crippen LogP contribution in [0.1, 0.15) is 18.4 Å². The number of benzene rings is 2. The third kappa shape index (κ3) is 3.52. The summed E-state index contributed by atoms with van der Waals surface area (Å²) in [5.74, 6) is -0.00256. The molecule has 0 spiro atoms. The van der Waals surface area contributed by atoms with Crippen molar-refractivity contribution in [2.75, 3.05) is 18.0 Å². The highest BCUT2D eigenvalue weighted by Crippen LogP contribution is 2.34. The minimum Gasteiger partial charge on any atom is -0.368 e. The smallest absolute Gasteiger partial charge is 0.167 e. The summed E-state index contributed by atoms with van der Waals surface area (Å²) in [5, 5.41) is 10.3. The monoisotopic (exact) mass is 465 g/mol. The number of halogens is 1. The summed E-state index contributed by atoms with van der Waals surface area (Å²) in [6, 6.07) is 16.8. The van der Waals surface area contributed by atoms with Gasteiger partial charge in [-0.1, -0.05) is 0 Å². The van der Waals surface area contributed by atoms with E-state index in [2.05, 4.69) is 27.7 Å². The molecule has 0 saturated carbocycles. The second-order valence-corrected chi connectivity index (χ2v) is 9.10. The topological polar surface area (TPSA) is 88.7 Å². The molecule has 5 aromatic rings. The van der Waals surface area contributed by atoms with Crippen LogP contribution in [0.5, 0.6) is 0 Å². The Kier molecular flexibility index (Phi) is 5.01. The minimum absolute atomic E-state index is 0.00300. The SMILES string of the molecule is Cn1ccc2cc(-n3c(-c4ccc(C#N)c(F)c4)nc4c(N5CCC[C@@H](N)C5)ccnc43)ccc21. The van der Waals surface area contributed by atoms with Gasteiger partial charge in [-0.25, -0.2) is 14.4 Å². The van der Waals surface area contributed by atoms with Crippen LogP contribution in [0.2, 0.25) is 0 Å². The van der Waals surface area contributed by atoms with Crippen LogP contribution in [0.25, 0.3) is 39.1 Å². The maximum atomic E-state index is 14.6. The number of aryl methyl sites for hydroxylation is 1. The van der Waals surface area contributed by atoms with E-state index in [-0.39, 0.29) is 11.6 Å². The van der Waals surface area contributed by atoms with Gasteiger partial charge in [-0.05, 0) is 61.4 Å². The predicted octanol–water partition coefficient (Wildman–Crippen LogP) is 4.52. The van der Waals surface area contributed by atoms with Gasteiger partial charge < -0.3 is 15.2 Å². The van der Waals surface area contributed by atoms with Crippen molar-refractivity contribution in [3.05, 3.63) is 72.3 Å². The first-order chi connectivity index (χ1) is 17.0. The lowest BCUT2D eigenvalue weighted by molar-refractivity contribution is 0.507. The first kappa shape index (κ1) is 21.3. The van der Waals surface area contributed by atoms with Crippen LogP contribution < -0.4 is 10.6 Å². The van der Waals surface area contributed by atoms with Gasteiger partial charge >= 0.3 is 0 Å². The Morgan fingerprint density at radius 3 is 2.83 bits per heavy atom. The number of hydrogen-bond acceptors (Lipinski definition) is 5. The molecule has 0 aliphatic carbocycles. The summed E-state index contributed by atoms with van der Waals surface area (Å²) in [6.45, 7) is 1.65. The van der Waals surface area contributed by atoms with Gasteiger partial charge in [0.25, 0.3) is 0 Å². The molecule has 0 bridgehead atoms. The molecule has 35 heavy (non-hydrogen) atoms. The van der Waals surface area contributed by atoms with Crippen LogP contribution in [0.4, 0.5) is 10.1 Å². The van der Waals surface area contributed by atoms with Crippen molar-refractivity contribution in [3.8, 4) is 23.1 Å². The number of fused-ring (bicyclic) bond motifs is 2. The molecule has 1 saturated heterocycles. The normalized spacial score (nSPS) is 16.2. The summed E-state index contributed by atoms with van der Waals surface area (Å²) in [5.41, 5.74) is 11.3. The number of nitrogens with zero attached hydrogens (tertiary/aromatic N) is 6. The molecule has 0 unspecified atom stereocenters. The average Bonchev–Trinajstić information content (AvgIpc) is 3.44. The summed E-state index contributed by atoms with van der Waals surface area (Å²) >= 11 is 0. The summed E-state index contributed by atoms with van der Waals surface area (Å²) in [6.07, 6.45) is 5.84. The molecular formula is C27H24FN7. The largest absolute Gasteiger partial charge is 0.368 e. The Morgan fingerprint density at radius 2 is 2.03 bits per heavy atom. The number of hydrogen-bond donors (Lipinski definition) is 1. The fraction of sp³-hybridized carbons (Fsp3) is 0.222. The summed E-state index contributed by atoms with van der Waals surface area (Å²) < 4.78 is 18.7. The molecule has 0 amide bonds. The van der Waals surface area contributed by atoms with Gasteiger partial charge in [0.1, 0.15) is 23.2 Å². The molecule has 0 radical (unpaired) electrons. The Morgan fingerprint density at radius 1 is 1.14 bits per heavy atom.